The second kappa shape index (κ2) is 14.4. The molecule has 2 aromatic heterocycles. The average Bonchev–Trinajstić information content (AvgIpc) is 3.51. The van der Waals surface area contributed by atoms with Crippen LogP contribution in [0, 0.1) is 11.8 Å². The first-order chi connectivity index (χ1) is 27.5. The number of carbonyl (C=O) groups excluding carboxylic acids is 2. The highest BCUT2D eigenvalue weighted by Gasteiger charge is 2.42. The Kier molecular flexibility index (Phi) is 9.33. The number of methoxy groups -OCH3 is 2. The number of H-pyrrole nitrogens is 2. The molecule has 1 aliphatic carbocycles. The van der Waals surface area contributed by atoms with E-state index < -0.39 is 18.2 Å². The highest BCUT2D eigenvalue weighted by atomic mass is 16.5. The number of ether oxygens (including phenoxy) is 3. The van der Waals surface area contributed by atoms with E-state index >= 15 is 0 Å². The van der Waals surface area contributed by atoms with Crippen molar-refractivity contribution >= 4 is 39.9 Å². The molecule has 5 atom stereocenters. The highest BCUT2D eigenvalue weighted by molar-refractivity contribution is 6.07. The molecule has 14 heteroatoms. The zero-order chi connectivity index (χ0) is 39.7. The summed E-state index contributed by atoms with van der Waals surface area (Å²) in [5.74, 6) is 2.41. The second-order valence-electron chi connectivity index (χ2n) is 16.5. The van der Waals surface area contributed by atoms with Crippen LogP contribution in [0.4, 0.5) is 9.59 Å². The van der Waals surface area contributed by atoms with Crippen molar-refractivity contribution in [1.29, 1.82) is 0 Å². The fourth-order valence-electron chi connectivity index (χ4n) is 9.30. The molecule has 4 aliphatic rings. The molecule has 14 nitrogen and oxygen atoms in total. The number of rotatable bonds is 9. The first kappa shape index (κ1) is 37.0. The van der Waals surface area contributed by atoms with Crippen molar-refractivity contribution in [2.24, 2.45) is 11.8 Å². The Morgan fingerprint density at radius 3 is 2.53 bits per heavy atom. The van der Waals surface area contributed by atoms with Crippen molar-refractivity contribution in [3.63, 3.8) is 0 Å². The Morgan fingerprint density at radius 1 is 0.982 bits per heavy atom. The minimum atomic E-state index is -0.941. The van der Waals surface area contributed by atoms with Gasteiger partial charge in [0.2, 0.25) is 5.91 Å². The van der Waals surface area contributed by atoms with E-state index in [4.69, 9.17) is 24.2 Å². The van der Waals surface area contributed by atoms with Gasteiger partial charge in [0.25, 0.3) is 0 Å². The summed E-state index contributed by atoms with van der Waals surface area (Å²) < 4.78 is 16.7. The van der Waals surface area contributed by atoms with Gasteiger partial charge in [-0.2, -0.15) is 0 Å². The molecule has 298 valence electrons. The maximum atomic E-state index is 14.0. The number of alkyl carbamates (subject to hydrolysis) is 1. The van der Waals surface area contributed by atoms with E-state index in [1.165, 1.54) is 12.0 Å². The summed E-state index contributed by atoms with van der Waals surface area (Å²) in [5, 5.41) is 14.8. The van der Waals surface area contributed by atoms with Gasteiger partial charge in [-0.25, -0.2) is 19.6 Å². The van der Waals surface area contributed by atoms with Gasteiger partial charge < -0.3 is 39.5 Å². The molecular weight excluding hydrogens is 727 g/mol. The third kappa shape index (κ3) is 6.53. The number of nitrogens with one attached hydrogen (secondary N) is 3. The van der Waals surface area contributed by atoms with Crippen LogP contribution in [-0.2, 0) is 20.9 Å². The van der Waals surface area contributed by atoms with Crippen molar-refractivity contribution in [1.82, 2.24) is 35.1 Å². The largest absolute Gasteiger partial charge is 0.488 e. The Labute approximate surface area is 330 Å². The van der Waals surface area contributed by atoms with E-state index in [1.54, 1.807) is 7.11 Å². The number of aromatic amines is 2. The molecule has 3 aliphatic heterocycles. The molecule has 0 radical (unpaired) electrons. The van der Waals surface area contributed by atoms with Crippen molar-refractivity contribution in [3.05, 3.63) is 65.4 Å². The summed E-state index contributed by atoms with van der Waals surface area (Å²) >= 11 is 0. The van der Waals surface area contributed by atoms with Crippen molar-refractivity contribution < 1.29 is 33.7 Å². The third-order valence-corrected chi connectivity index (χ3v) is 12.4. The molecule has 1 saturated carbocycles. The Morgan fingerprint density at radius 2 is 1.79 bits per heavy atom. The van der Waals surface area contributed by atoms with Crippen LogP contribution < -0.4 is 10.1 Å². The predicted octanol–water partition coefficient (Wildman–Crippen LogP) is 7.66. The van der Waals surface area contributed by atoms with Gasteiger partial charge in [0, 0.05) is 48.0 Å². The molecule has 2 saturated heterocycles. The molecule has 0 bridgehead atoms. The van der Waals surface area contributed by atoms with E-state index in [9.17, 15) is 19.5 Å². The van der Waals surface area contributed by atoms with Crippen LogP contribution in [0.1, 0.15) is 93.8 Å². The van der Waals surface area contributed by atoms with E-state index in [-0.39, 0.29) is 35.9 Å². The molecule has 3 aromatic carbocycles. The first-order valence-electron chi connectivity index (χ1n) is 20.0. The number of amides is 3. The lowest BCUT2D eigenvalue weighted by Crippen LogP contribution is -2.52. The third-order valence-electron chi connectivity index (χ3n) is 12.4. The van der Waals surface area contributed by atoms with Gasteiger partial charge in [0.05, 0.1) is 48.2 Å². The Hall–Kier alpha value is -5.63. The normalized spacial score (nSPS) is 22.1. The minimum absolute atomic E-state index is 0.0202. The van der Waals surface area contributed by atoms with E-state index in [0.717, 1.165) is 92.7 Å². The van der Waals surface area contributed by atoms with Gasteiger partial charge in [-0.3, -0.25) is 9.69 Å². The van der Waals surface area contributed by atoms with Crippen molar-refractivity contribution in [2.75, 3.05) is 27.4 Å². The molecule has 9 rings (SSSR count). The number of imidazole rings is 2. The number of carbonyl (C=O) groups is 3. The fourth-order valence-corrected chi connectivity index (χ4v) is 9.30. The topological polar surface area (TPSA) is 175 Å². The number of carboxylic acid groups (broad SMARTS) is 1. The van der Waals surface area contributed by atoms with Crippen molar-refractivity contribution in [3.8, 4) is 28.1 Å². The molecule has 0 spiro atoms. The molecule has 4 N–H and O–H groups in total. The molecule has 3 fully saturated rings. The van der Waals surface area contributed by atoms with Gasteiger partial charge in [-0.1, -0.05) is 32.0 Å². The summed E-state index contributed by atoms with van der Waals surface area (Å²) in [6.07, 6.45) is 2.81. The maximum Gasteiger partial charge on any atom is 0.407 e. The maximum absolute atomic E-state index is 14.0. The summed E-state index contributed by atoms with van der Waals surface area (Å²) in [5.41, 5.74) is 7.84. The molecule has 5 aromatic rings. The summed E-state index contributed by atoms with van der Waals surface area (Å²) in [7, 11) is 2.95. The molecular formula is C43H49N7O7. The van der Waals surface area contributed by atoms with E-state index in [2.05, 4.69) is 51.7 Å². The molecule has 0 unspecified atom stereocenters. The van der Waals surface area contributed by atoms with Crippen molar-refractivity contribution in [2.45, 2.75) is 89.6 Å². The van der Waals surface area contributed by atoms with Gasteiger partial charge in [-0.15, -0.1) is 0 Å². The lowest BCUT2D eigenvalue weighted by molar-refractivity contribution is -0.137. The minimum Gasteiger partial charge on any atom is -0.488 e. The van der Waals surface area contributed by atoms with E-state index in [0.29, 0.717) is 37.9 Å². The van der Waals surface area contributed by atoms with Crippen LogP contribution in [0.25, 0.3) is 44.2 Å². The predicted molar refractivity (Wildman–Crippen MR) is 213 cm³/mol. The molecule has 57 heavy (non-hydrogen) atoms. The van der Waals surface area contributed by atoms with Crippen LogP contribution in [0.3, 0.4) is 0 Å². The second-order valence-corrected chi connectivity index (χ2v) is 16.5. The molecule has 3 amide bonds. The van der Waals surface area contributed by atoms with Crippen LogP contribution in [0.15, 0.2) is 42.5 Å². The first-order valence-corrected chi connectivity index (χ1v) is 20.0. The quantitative estimate of drug-likeness (QED) is 0.117. The number of fused-ring (bicyclic) bond motifs is 6. The molecule has 5 heterocycles. The zero-order valence-electron chi connectivity index (χ0n) is 32.9. The number of hydrogen-bond acceptors (Lipinski definition) is 8. The van der Waals surface area contributed by atoms with Crippen LogP contribution in [0.2, 0.25) is 0 Å². The Balaban J connectivity index is 1.02. The standard InChI is InChI=1S/C43H49N7O7/c1-21(2)35(48-42(52)56-5)41(51)50-22(3)6-13-32(50)39-44-31-12-10-25-16-30-28-11-9-26(15-27(28)20-57-34(30)17-29(25)38(31)47-39)37-36(24-7-8-24)45-40(46-37)33-14-23(19-55-4)18-49(33)43(53)54/h9-12,15-17,21-24,32-33,35H,6-8,13-14,18-20H2,1-5H3,(H,44,47)(H,45,46)(H,48,52)(H,53,54)/t22-,23-,32-,33-,35-/m0/s1. The Bertz CT molecular complexity index is 2400. The summed E-state index contributed by atoms with van der Waals surface area (Å²) in [6, 6.07) is 13.5. The highest BCUT2D eigenvalue weighted by Crippen LogP contribution is 2.47. The van der Waals surface area contributed by atoms with Crippen LogP contribution in [0.5, 0.6) is 5.75 Å². The van der Waals surface area contributed by atoms with Gasteiger partial charge in [0.1, 0.15) is 30.0 Å². The lowest BCUT2D eigenvalue weighted by Gasteiger charge is -2.32. The number of hydrogen-bond donors (Lipinski definition) is 4. The number of nitrogens with zero attached hydrogens (tertiary/aromatic N) is 4. The number of likely N-dealkylation sites (tertiary alicyclic amines) is 2. The van der Waals surface area contributed by atoms with Crippen LogP contribution >= 0.6 is 0 Å². The fraction of sp³-hybridized carbons (Fsp3) is 0.465. The van der Waals surface area contributed by atoms with Gasteiger partial charge in [0.15, 0.2) is 0 Å². The number of aromatic nitrogens is 4. The summed E-state index contributed by atoms with van der Waals surface area (Å²) in [4.78, 5) is 58.9. The van der Waals surface area contributed by atoms with Gasteiger partial charge in [-0.05, 0) is 85.7 Å². The lowest BCUT2D eigenvalue weighted by atomic mass is 9.92. The average molecular weight is 776 g/mol. The monoisotopic (exact) mass is 775 g/mol. The SMILES string of the molecule is COC[C@H]1C[C@@H](c2nc(C3CC3)c(-c3ccc4c(c3)COc3cc5c(ccc6nc([C@@H]7CC[C@H](C)N7C(=O)[C@@H](NC(=O)OC)C(C)C)[nH]c65)cc3-4)[nH]2)N(C(=O)O)C1. The van der Waals surface area contributed by atoms with E-state index in [1.807, 2.05) is 31.7 Å². The summed E-state index contributed by atoms with van der Waals surface area (Å²) in [6.45, 7) is 7.20. The van der Waals surface area contributed by atoms with Crippen LogP contribution in [-0.4, -0.2) is 92.4 Å². The van der Waals surface area contributed by atoms with Gasteiger partial charge >= 0.3 is 12.2 Å². The smallest absolute Gasteiger partial charge is 0.407 e. The zero-order valence-corrected chi connectivity index (χ0v) is 32.9. The number of benzene rings is 3.